The number of carbonyl (C=O) groups excluding carboxylic acids is 1. The Bertz CT molecular complexity index is 143. The van der Waals surface area contributed by atoms with Gasteiger partial charge in [-0.2, -0.15) is 0 Å². The molecule has 1 N–H and O–H groups in total. The van der Waals surface area contributed by atoms with Crippen LogP contribution in [-0.2, 0) is 4.79 Å². The highest BCUT2D eigenvalue weighted by atomic mass is 16.2. The molecule has 0 aliphatic carbocycles. The van der Waals surface area contributed by atoms with Crippen LogP contribution >= 0.6 is 0 Å². The molecule has 0 aromatic heterocycles. The molecule has 0 atom stereocenters. The van der Waals surface area contributed by atoms with Crippen molar-refractivity contribution in [2.45, 2.75) is 13.8 Å². The minimum Gasteiger partial charge on any atom is -0.285 e. The van der Waals surface area contributed by atoms with Crippen molar-refractivity contribution in [3.63, 3.8) is 0 Å². The first-order valence-corrected chi connectivity index (χ1v) is 3.25. The fraction of sp³-hybridized carbons (Fsp3) is 0.571. The number of nitrogens with zero attached hydrogens (tertiary/aromatic N) is 1. The Morgan fingerprint density at radius 1 is 1.70 bits per heavy atom. The highest BCUT2D eigenvalue weighted by Crippen LogP contribution is 1.85. The van der Waals surface area contributed by atoms with Crippen LogP contribution in [0.2, 0.25) is 0 Å². The molecule has 0 radical (unpaired) electrons. The molecule has 0 aliphatic rings. The molecule has 0 heterocycles. The fourth-order valence-electron chi connectivity index (χ4n) is 0.348. The third-order valence-corrected chi connectivity index (χ3v) is 1.15. The number of carbonyl (C=O) groups is 1. The quantitative estimate of drug-likeness (QED) is 0.461. The average Bonchev–Trinajstić information content (AvgIpc) is 1.87. The second-order valence-electron chi connectivity index (χ2n) is 2.24. The Balaban J connectivity index is 3.68. The highest BCUT2D eigenvalue weighted by Gasteiger charge is 2.01. The average molecular weight is 142 g/mol. The van der Waals surface area contributed by atoms with E-state index in [0.717, 1.165) is 6.54 Å². The number of hydrogen-bond acceptors (Lipinski definition) is 2. The van der Waals surface area contributed by atoms with Gasteiger partial charge in [-0.15, -0.1) is 0 Å². The minimum atomic E-state index is -0.121. The van der Waals surface area contributed by atoms with Crippen LogP contribution in [0.3, 0.4) is 0 Å². The maximum Gasteiger partial charge on any atom is 0.260 e. The third kappa shape index (κ3) is 3.25. The van der Waals surface area contributed by atoms with E-state index >= 15 is 0 Å². The van der Waals surface area contributed by atoms with Crippen molar-refractivity contribution in [1.29, 1.82) is 0 Å². The summed E-state index contributed by atoms with van der Waals surface area (Å²) in [5.74, 6) is -0.121. The van der Waals surface area contributed by atoms with Gasteiger partial charge in [0.25, 0.3) is 5.91 Å². The first-order valence-electron chi connectivity index (χ1n) is 3.25. The molecule has 10 heavy (non-hydrogen) atoms. The predicted octanol–water partition coefficient (Wildman–Crippen LogP) is 0.545. The number of hydrogen-bond donors (Lipinski definition) is 1. The summed E-state index contributed by atoms with van der Waals surface area (Å²) >= 11 is 0. The lowest BCUT2D eigenvalue weighted by atomic mass is 10.3. The largest absolute Gasteiger partial charge is 0.285 e. The summed E-state index contributed by atoms with van der Waals surface area (Å²) in [5.41, 5.74) is 3.15. The standard InChI is InChI=1S/C7H14N2O/c1-5-9(4)8-7(10)6(2)3/h2,5H2,1,3-4H3,(H,8,10). The van der Waals surface area contributed by atoms with Crippen molar-refractivity contribution in [3.8, 4) is 0 Å². The number of rotatable bonds is 3. The van der Waals surface area contributed by atoms with Gasteiger partial charge in [-0.05, 0) is 6.92 Å². The van der Waals surface area contributed by atoms with E-state index in [1.54, 1.807) is 19.0 Å². The van der Waals surface area contributed by atoms with E-state index < -0.39 is 0 Å². The second-order valence-corrected chi connectivity index (χ2v) is 2.24. The van der Waals surface area contributed by atoms with Gasteiger partial charge in [0.15, 0.2) is 0 Å². The van der Waals surface area contributed by atoms with Gasteiger partial charge in [-0.3, -0.25) is 10.2 Å². The molecule has 0 aromatic carbocycles. The number of nitrogens with one attached hydrogen (secondary N) is 1. The molecular weight excluding hydrogens is 128 g/mol. The van der Waals surface area contributed by atoms with Gasteiger partial charge in [0.1, 0.15) is 0 Å². The van der Waals surface area contributed by atoms with Crippen LogP contribution in [0.15, 0.2) is 12.2 Å². The van der Waals surface area contributed by atoms with Gasteiger partial charge < -0.3 is 0 Å². The first kappa shape index (κ1) is 9.17. The SMILES string of the molecule is C=C(C)C(=O)NN(C)CC. The summed E-state index contributed by atoms with van der Waals surface area (Å²) in [7, 11) is 1.81. The lowest BCUT2D eigenvalue weighted by Crippen LogP contribution is -2.39. The zero-order valence-electron chi connectivity index (χ0n) is 6.77. The Morgan fingerprint density at radius 3 is 2.50 bits per heavy atom. The fourth-order valence-corrected chi connectivity index (χ4v) is 0.348. The van der Waals surface area contributed by atoms with Crippen LogP contribution in [0, 0.1) is 0 Å². The molecule has 0 bridgehead atoms. The topological polar surface area (TPSA) is 32.3 Å². The van der Waals surface area contributed by atoms with E-state index in [9.17, 15) is 4.79 Å². The van der Waals surface area contributed by atoms with E-state index in [1.807, 2.05) is 6.92 Å². The van der Waals surface area contributed by atoms with Crippen LogP contribution in [-0.4, -0.2) is 24.5 Å². The van der Waals surface area contributed by atoms with Crippen LogP contribution in [0.1, 0.15) is 13.8 Å². The summed E-state index contributed by atoms with van der Waals surface area (Å²) < 4.78 is 0. The van der Waals surface area contributed by atoms with E-state index in [2.05, 4.69) is 12.0 Å². The molecule has 1 amide bonds. The molecule has 0 spiro atoms. The van der Waals surface area contributed by atoms with Crippen LogP contribution in [0.5, 0.6) is 0 Å². The van der Waals surface area contributed by atoms with Crippen molar-refractivity contribution in [1.82, 2.24) is 10.4 Å². The van der Waals surface area contributed by atoms with E-state index in [4.69, 9.17) is 0 Å². The zero-order chi connectivity index (χ0) is 8.15. The molecule has 0 fully saturated rings. The molecule has 0 saturated heterocycles. The molecule has 0 saturated carbocycles. The molecule has 3 heteroatoms. The molecule has 58 valence electrons. The number of hydrazine groups is 1. The van der Waals surface area contributed by atoms with E-state index in [1.165, 1.54) is 0 Å². The third-order valence-electron chi connectivity index (χ3n) is 1.15. The molecule has 3 nitrogen and oxygen atoms in total. The normalized spacial score (nSPS) is 9.60. The Hall–Kier alpha value is -0.830. The summed E-state index contributed by atoms with van der Waals surface area (Å²) in [4.78, 5) is 10.9. The second kappa shape index (κ2) is 4.06. The summed E-state index contributed by atoms with van der Waals surface area (Å²) in [5, 5.41) is 1.71. The van der Waals surface area contributed by atoms with Crippen LogP contribution < -0.4 is 5.43 Å². The van der Waals surface area contributed by atoms with Gasteiger partial charge in [-0.25, -0.2) is 5.01 Å². The summed E-state index contributed by atoms with van der Waals surface area (Å²) in [6.07, 6.45) is 0. The lowest BCUT2D eigenvalue weighted by molar-refractivity contribution is -0.121. The highest BCUT2D eigenvalue weighted by molar-refractivity contribution is 5.91. The molecule has 0 rings (SSSR count). The van der Waals surface area contributed by atoms with Gasteiger partial charge in [0.05, 0.1) is 0 Å². The monoisotopic (exact) mass is 142 g/mol. The predicted molar refractivity (Wildman–Crippen MR) is 41.3 cm³/mol. The van der Waals surface area contributed by atoms with Crippen molar-refractivity contribution >= 4 is 5.91 Å². The summed E-state index contributed by atoms with van der Waals surface area (Å²) in [6, 6.07) is 0. The Kier molecular flexibility index (Phi) is 3.72. The van der Waals surface area contributed by atoms with E-state index in [0.29, 0.717) is 5.57 Å². The molecule has 0 aliphatic heterocycles. The Morgan fingerprint density at radius 2 is 2.20 bits per heavy atom. The lowest BCUT2D eigenvalue weighted by Gasteiger charge is -2.14. The van der Waals surface area contributed by atoms with Crippen molar-refractivity contribution in [2.75, 3.05) is 13.6 Å². The van der Waals surface area contributed by atoms with Gasteiger partial charge >= 0.3 is 0 Å². The number of amides is 1. The van der Waals surface area contributed by atoms with Crippen molar-refractivity contribution in [3.05, 3.63) is 12.2 Å². The first-order chi connectivity index (χ1) is 4.57. The van der Waals surface area contributed by atoms with Gasteiger partial charge in [-0.1, -0.05) is 13.5 Å². The van der Waals surface area contributed by atoms with Crippen molar-refractivity contribution < 1.29 is 4.79 Å². The smallest absolute Gasteiger partial charge is 0.260 e. The van der Waals surface area contributed by atoms with Gasteiger partial charge in [0, 0.05) is 19.2 Å². The molecule has 0 unspecified atom stereocenters. The maximum absolute atomic E-state index is 10.9. The maximum atomic E-state index is 10.9. The van der Waals surface area contributed by atoms with Crippen LogP contribution in [0.25, 0.3) is 0 Å². The van der Waals surface area contributed by atoms with Crippen molar-refractivity contribution in [2.24, 2.45) is 0 Å². The Labute approximate surface area is 61.7 Å². The molecule has 0 aromatic rings. The minimum absolute atomic E-state index is 0.121. The zero-order valence-corrected chi connectivity index (χ0v) is 6.77. The van der Waals surface area contributed by atoms with E-state index in [-0.39, 0.29) is 5.91 Å². The van der Waals surface area contributed by atoms with Gasteiger partial charge in [0.2, 0.25) is 0 Å². The van der Waals surface area contributed by atoms with Crippen LogP contribution in [0.4, 0.5) is 0 Å². The summed E-state index contributed by atoms with van der Waals surface area (Å²) in [6.45, 7) is 7.93. The molecular formula is C7H14N2O.